The molecule has 2 aromatic heterocycles. The summed E-state index contributed by atoms with van der Waals surface area (Å²) in [5.74, 6) is -9.17. The van der Waals surface area contributed by atoms with Crippen molar-refractivity contribution in [2.24, 2.45) is 23.7 Å². The zero-order valence-corrected chi connectivity index (χ0v) is 51.0. The molecule has 0 spiro atoms. The summed E-state index contributed by atoms with van der Waals surface area (Å²) in [6, 6.07) is 17.6. The first-order chi connectivity index (χ1) is 39.5. The molecule has 4 amide bonds. The van der Waals surface area contributed by atoms with Gasteiger partial charge < -0.3 is 38.5 Å². The maximum Gasteiger partial charge on any atom is 0.329 e. The summed E-state index contributed by atoms with van der Waals surface area (Å²) in [5.41, 5.74) is 3.61. The van der Waals surface area contributed by atoms with E-state index in [4.69, 9.17) is 18.9 Å². The Kier molecular flexibility index (Phi) is 24.6. The number of aromatic nitrogens is 2. The molecule has 0 bridgehead atoms. The quantitative estimate of drug-likeness (QED) is 0.0593. The summed E-state index contributed by atoms with van der Waals surface area (Å²) in [7, 11) is 5.43. The standard InChI is InChI=1S/C64H84F2N6O12/c1-37(2)29-49-61(77)81-41(9)57(73)69(11)52(32-40(7)8)64(80)84-54(36-46-27-23-44(24-28-46)34-48-18-16-20-56(66)68-48)60(76)72(14)50(30-38(3)4)62(78)82-42(10)58(74)70(12)51(31-39(5)6)63(79)83-53(59(75)71(49)13)35-45-25-21-43(22-26-45)33-47-17-15-19-55(65)67-47/h15-28,37-42,49-54H,29-36H2,1-14H3/t41-,42-,49+,50+,51+,52+,53-,54-/m1/s1. The van der Waals surface area contributed by atoms with E-state index in [-0.39, 0.29) is 62.2 Å². The maximum absolute atomic E-state index is 15.0. The molecule has 3 heterocycles. The van der Waals surface area contributed by atoms with E-state index in [1.165, 1.54) is 54.2 Å². The maximum atomic E-state index is 15.0. The molecule has 0 unspecified atom stereocenters. The van der Waals surface area contributed by atoms with Crippen molar-refractivity contribution < 1.29 is 66.1 Å². The molecule has 0 radical (unpaired) electrons. The zero-order valence-electron chi connectivity index (χ0n) is 51.0. The number of halogens is 2. The SMILES string of the molecule is CC(C)C[C@H]1C(=O)O[C@H](Cc2ccc(Cc3cccc(F)n3)cc2)C(=O)N(C)[C@@H](CC(C)C)C(=O)O[C@H](C)C(=O)N(C)[C@@H](CC(C)C)C(=O)O[C@H](Cc2ccc(Cc3cccc(F)n3)cc2)C(=O)N(C)[C@@H](CC(C)C)C(=O)O[C@H](C)C(=O)N1C. The smallest absolute Gasteiger partial charge is 0.329 e. The third-order valence-electron chi connectivity index (χ3n) is 14.7. The molecule has 2 aromatic carbocycles. The third kappa shape index (κ3) is 19.2. The molecule has 0 saturated carbocycles. The van der Waals surface area contributed by atoms with Gasteiger partial charge in [0, 0.05) is 65.3 Å². The number of benzene rings is 2. The van der Waals surface area contributed by atoms with Gasteiger partial charge in [-0.1, -0.05) is 116 Å². The third-order valence-corrected chi connectivity index (χ3v) is 14.7. The first-order valence-electron chi connectivity index (χ1n) is 28.8. The summed E-state index contributed by atoms with van der Waals surface area (Å²) in [6.07, 6.45) is -5.86. The number of hydrogen-bond acceptors (Lipinski definition) is 14. The minimum Gasteiger partial charge on any atom is -0.451 e. The number of cyclic esters (lactones) is 4. The molecule has 4 aromatic rings. The molecule has 84 heavy (non-hydrogen) atoms. The minimum absolute atomic E-state index is 0.0439. The first kappa shape index (κ1) is 67.2. The van der Waals surface area contributed by atoms with Crippen molar-refractivity contribution in [3.8, 4) is 0 Å². The van der Waals surface area contributed by atoms with Gasteiger partial charge in [-0.2, -0.15) is 8.78 Å². The van der Waals surface area contributed by atoms with Crippen LogP contribution in [0, 0.1) is 35.6 Å². The Hall–Kier alpha value is -7.64. The fourth-order valence-corrected chi connectivity index (χ4v) is 10.0. The lowest BCUT2D eigenvalue weighted by molar-refractivity contribution is -0.176. The molecule has 0 N–H and O–H groups in total. The predicted octanol–water partition coefficient (Wildman–Crippen LogP) is 7.91. The van der Waals surface area contributed by atoms with Crippen molar-refractivity contribution in [1.82, 2.24) is 29.6 Å². The van der Waals surface area contributed by atoms with Gasteiger partial charge in [-0.25, -0.2) is 29.1 Å². The van der Waals surface area contributed by atoms with E-state index in [0.29, 0.717) is 35.4 Å². The molecule has 1 aliphatic rings. The molecule has 1 fully saturated rings. The van der Waals surface area contributed by atoms with Gasteiger partial charge in [-0.05, 0) is 110 Å². The highest BCUT2D eigenvalue weighted by Gasteiger charge is 2.43. The largest absolute Gasteiger partial charge is 0.451 e. The highest BCUT2D eigenvalue weighted by atomic mass is 19.1. The molecular formula is C64H84F2N6O12. The summed E-state index contributed by atoms with van der Waals surface area (Å²) in [5, 5.41) is 0. The normalized spacial score (nSPS) is 22.6. The summed E-state index contributed by atoms with van der Waals surface area (Å²) >= 11 is 0. The first-order valence-corrected chi connectivity index (χ1v) is 28.8. The van der Waals surface area contributed by atoms with Crippen LogP contribution >= 0.6 is 0 Å². The van der Waals surface area contributed by atoms with Crippen LogP contribution in [0.2, 0.25) is 0 Å². The second kappa shape index (κ2) is 30.8. The van der Waals surface area contributed by atoms with Crippen molar-refractivity contribution >= 4 is 47.5 Å². The number of nitrogens with zero attached hydrogens (tertiary/aromatic N) is 6. The summed E-state index contributed by atoms with van der Waals surface area (Å²) in [6.45, 7) is 17.3. The number of hydrogen-bond donors (Lipinski definition) is 0. The molecule has 1 aliphatic heterocycles. The average molecular weight is 1170 g/mol. The van der Waals surface area contributed by atoms with Gasteiger partial charge in [0.15, 0.2) is 24.4 Å². The Balaban J connectivity index is 1.59. The van der Waals surface area contributed by atoms with E-state index in [2.05, 4.69) is 9.97 Å². The number of ether oxygens (including phenoxy) is 4. The van der Waals surface area contributed by atoms with E-state index in [0.717, 1.165) is 30.7 Å². The fraction of sp³-hybridized carbons (Fsp3) is 0.531. The second-order valence-electron chi connectivity index (χ2n) is 23.7. The second-order valence-corrected chi connectivity index (χ2v) is 23.7. The molecule has 1 saturated heterocycles. The number of carbonyl (C=O) groups excluding carboxylic acids is 8. The van der Waals surface area contributed by atoms with Crippen LogP contribution in [0.1, 0.15) is 129 Å². The highest BCUT2D eigenvalue weighted by molar-refractivity contribution is 5.94. The lowest BCUT2D eigenvalue weighted by atomic mass is 9.99. The van der Waals surface area contributed by atoms with Gasteiger partial charge >= 0.3 is 23.9 Å². The van der Waals surface area contributed by atoms with Crippen LogP contribution in [0.15, 0.2) is 84.9 Å². The lowest BCUT2D eigenvalue weighted by Crippen LogP contribution is -2.55. The number of pyridine rings is 2. The molecule has 5 rings (SSSR count). The molecule has 0 aliphatic carbocycles. The van der Waals surface area contributed by atoms with Gasteiger partial charge in [0.25, 0.3) is 23.6 Å². The zero-order chi connectivity index (χ0) is 62.3. The lowest BCUT2D eigenvalue weighted by Gasteiger charge is -2.35. The van der Waals surface area contributed by atoms with Crippen LogP contribution in [-0.4, -0.2) is 154 Å². The molecule has 18 nitrogen and oxygen atoms in total. The minimum atomic E-state index is -1.59. The van der Waals surface area contributed by atoms with E-state index < -0.39 is 108 Å². The van der Waals surface area contributed by atoms with Crippen molar-refractivity contribution in [2.45, 2.75) is 169 Å². The number of rotatable bonds is 16. The monoisotopic (exact) mass is 1170 g/mol. The molecule has 20 heteroatoms. The van der Waals surface area contributed by atoms with Crippen LogP contribution in [0.3, 0.4) is 0 Å². The number of amides is 4. The topological polar surface area (TPSA) is 212 Å². The van der Waals surface area contributed by atoms with Crippen LogP contribution < -0.4 is 0 Å². The van der Waals surface area contributed by atoms with Crippen LogP contribution in [0.4, 0.5) is 8.78 Å². The van der Waals surface area contributed by atoms with Crippen LogP contribution in [0.5, 0.6) is 0 Å². The van der Waals surface area contributed by atoms with Crippen molar-refractivity contribution in [3.63, 3.8) is 0 Å². The number of likely N-dealkylation sites (N-methyl/N-ethyl adjacent to an activating group) is 4. The van der Waals surface area contributed by atoms with E-state index in [1.54, 1.807) is 72.8 Å². The predicted molar refractivity (Wildman–Crippen MR) is 309 cm³/mol. The van der Waals surface area contributed by atoms with Gasteiger partial charge in [-0.3, -0.25) is 19.2 Å². The summed E-state index contributed by atoms with van der Waals surface area (Å²) < 4.78 is 52.0. The van der Waals surface area contributed by atoms with Gasteiger partial charge in [0.2, 0.25) is 11.9 Å². The Morgan fingerprint density at radius 3 is 0.929 bits per heavy atom. The Labute approximate surface area is 492 Å². The highest BCUT2D eigenvalue weighted by Crippen LogP contribution is 2.25. The molecule has 8 atom stereocenters. The van der Waals surface area contributed by atoms with Gasteiger partial charge in [-0.15, -0.1) is 0 Å². The van der Waals surface area contributed by atoms with Crippen molar-refractivity contribution in [3.05, 3.63) is 130 Å². The van der Waals surface area contributed by atoms with Crippen LogP contribution in [-0.2, 0) is 83.0 Å². The van der Waals surface area contributed by atoms with Crippen molar-refractivity contribution in [2.75, 3.05) is 28.2 Å². The number of esters is 4. The summed E-state index contributed by atoms with van der Waals surface area (Å²) in [4.78, 5) is 130. The fourth-order valence-electron chi connectivity index (χ4n) is 10.0. The van der Waals surface area contributed by atoms with E-state index in [9.17, 15) is 37.5 Å². The Bertz CT molecular complexity index is 2710. The van der Waals surface area contributed by atoms with Crippen LogP contribution in [0.25, 0.3) is 0 Å². The van der Waals surface area contributed by atoms with Gasteiger partial charge in [0.05, 0.1) is 0 Å². The van der Waals surface area contributed by atoms with E-state index >= 15 is 9.59 Å². The van der Waals surface area contributed by atoms with E-state index in [1.807, 2.05) is 55.4 Å². The Morgan fingerprint density at radius 1 is 0.393 bits per heavy atom. The average Bonchev–Trinajstić information content (AvgIpc) is 3.58. The molecule has 456 valence electrons. The molecular weight excluding hydrogens is 1080 g/mol. The number of carbonyl (C=O) groups is 8. The van der Waals surface area contributed by atoms with Gasteiger partial charge in [0.1, 0.15) is 24.2 Å². The van der Waals surface area contributed by atoms with Crippen molar-refractivity contribution in [1.29, 1.82) is 0 Å². The Morgan fingerprint density at radius 2 is 0.655 bits per heavy atom.